The van der Waals surface area contributed by atoms with Crippen LogP contribution in [0.15, 0.2) is 23.1 Å². The summed E-state index contributed by atoms with van der Waals surface area (Å²) in [6, 6.07) is 6.32. The third kappa shape index (κ3) is 5.56. The van der Waals surface area contributed by atoms with E-state index in [0.29, 0.717) is 12.3 Å². The van der Waals surface area contributed by atoms with Gasteiger partial charge in [-0.05, 0) is 32.0 Å². The number of nitrogens with one attached hydrogen (secondary N) is 2. The molecule has 0 saturated carbocycles. The van der Waals surface area contributed by atoms with Crippen molar-refractivity contribution in [1.82, 2.24) is 10.6 Å². The molecule has 1 aromatic rings. The number of amides is 1. The first kappa shape index (κ1) is 15.1. The number of hydrogen-bond donors (Lipinski definition) is 2. The van der Waals surface area contributed by atoms with Crippen LogP contribution in [0.3, 0.4) is 0 Å². The molecule has 1 amide bonds. The van der Waals surface area contributed by atoms with Gasteiger partial charge in [-0.2, -0.15) is 0 Å². The Morgan fingerprint density at radius 3 is 2.78 bits per heavy atom. The van der Waals surface area contributed by atoms with Crippen molar-refractivity contribution < 1.29 is 4.79 Å². The zero-order chi connectivity index (χ0) is 13.4. The van der Waals surface area contributed by atoms with Crippen molar-refractivity contribution >= 4 is 17.7 Å². The first-order valence-corrected chi connectivity index (χ1v) is 7.29. The van der Waals surface area contributed by atoms with Crippen LogP contribution in [0.1, 0.15) is 18.1 Å². The summed E-state index contributed by atoms with van der Waals surface area (Å²) < 4.78 is 0. The van der Waals surface area contributed by atoms with Gasteiger partial charge in [0.2, 0.25) is 5.91 Å². The van der Waals surface area contributed by atoms with Gasteiger partial charge in [0.25, 0.3) is 0 Å². The number of hydrogen-bond acceptors (Lipinski definition) is 3. The highest BCUT2D eigenvalue weighted by atomic mass is 32.2. The molecule has 100 valence electrons. The topological polar surface area (TPSA) is 41.1 Å². The average Bonchev–Trinajstić information content (AvgIpc) is 2.36. The maximum Gasteiger partial charge on any atom is 0.230 e. The van der Waals surface area contributed by atoms with Crippen molar-refractivity contribution in [2.75, 3.05) is 25.4 Å². The second kappa shape index (κ2) is 8.16. The molecular formula is C14H22N2OS. The molecule has 3 nitrogen and oxygen atoms in total. The summed E-state index contributed by atoms with van der Waals surface area (Å²) in [4.78, 5) is 12.8. The number of aryl methyl sites for hydroxylation is 2. The molecule has 0 radical (unpaired) electrons. The summed E-state index contributed by atoms with van der Waals surface area (Å²) in [7, 11) is 0. The number of benzene rings is 1. The Hall–Kier alpha value is -1.00. The van der Waals surface area contributed by atoms with Gasteiger partial charge in [0.15, 0.2) is 0 Å². The predicted octanol–water partition coefficient (Wildman–Crippen LogP) is 2.12. The van der Waals surface area contributed by atoms with Gasteiger partial charge >= 0.3 is 0 Å². The standard InChI is InChI=1S/C14H22N2OS/c1-4-15-7-8-16-14(17)10-18-13-9-11(2)5-6-12(13)3/h5-6,9,15H,4,7-8,10H2,1-3H3,(H,16,17). The van der Waals surface area contributed by atoms with E-state index in [0.717, 1.165) is 13.1 Å². The van der Waals surface area contributed by atoms with Crippen LogP contribution in [0.5, 0.6) is 0 Å². The fraction of sp³-hybridized carbons (Fsp3) is 0.500. The Balaban J connectivity index is 2.31. The summed E-state index contributed by atoms with van der Waals surface area (Å²) >= 11 is 1.60. The first-order chi connectivity index (χ1) is 8.63. The summed E-state index contributed by atoms with van der Waals surface area (Å²) in [6.07, 6.45) is 0. The fourth-order valence-electron chi connectivity index (χ4n) is 1.52. The van der Waals surface area contributed by atoms with Crippen molar-refractivity contribution in [3.05, 3.63) is 29.3 Å². The molecule has 0 aromatic heterocycles. The van der Waals surface area contributed by atoms with E-state index in [1.54, 1.807) is 11.8 Å². The second-order valence-electron chi connectivity index (χ2n) is 4.26. The molecule has 0 spiro atoms. The maximum atomic E-state index is 11.6. The molecule has 0 aliphatic rings. The van der Waals surface area contributed by atoms with Crippen molar-refractivity contribution in [2.45, 2.75) is 25.7 Å². The van der Waals surface area contributed by atoms with E-state index in [-0.39, 0.29) is 5.91 Å². The molecule has 1 rings (SSSR count). The van der Waals surface area contributed by atoms with Crippen LogP contribution in [-0.2, 0) is 4.79 Å². The smallest absolute Gasteiger partial charge is 0.230 e. The third-order valence-corrected chi connectivity index (χ3v) is 3.73. The minimum Gasteiger partial charge on any atom is -0.354 e. The number of carbonyl (C=O) groups excluding carboxylic acids is 1. The van der Waals surface area contributed by atoms with E-state index in [4.69, 9.17) is 0 Å². The molecular weight excluding hydrogens is 244 g/mol. The Kier molecular flexibility index (Phi) is 6.83. The molecule has 0 heterocycles. The van der Waals surface area contributed by atoms with Crippen LogP contribution < -0.4 is 10.6 Å². The van der Waals surface area contributed by atoms with Gasteiger partial charge < -0.3 is 10.6 Å². The first-order valence-electron chi connectivity index (χ1n) is 6.31. The summed E-state index contributed by atoms with van der Waals surface area (Å²) in [5, 5.41) is 6.07. The quantitative estimate of drug-likeness (QED) is 0.587. The van der Waals surface area contributed by atoms with Crippen molar-refractivity contribution in [3.8, 4) is 0 Å². The molecule has 0 saturated heterocycles. The lowest BCUT2D eigenvalue weighted by Gasteiger charge is -2.08. The van der Waals surface area contributed by atoms with Gasteiger partial charge in [0, 0.05) is 18.0 Å². The lowest BCUT2D eigenvalue weighted by atomic mass is 10.2. The van der Waals surface area contributed by atoms with Crippen molar-refractivity contribution in [3.63, 3.8) is 0 Å². The van der Waals surface area contributed by atoms with Gasteiger partial charge in [-0.25, -0.2) is 0 Å². The molecule has 0 aliphatic carbocycles. The molecule has 0 fully saturated rings. The summed E-state index contributed by atoms with van der Waals surface area (Å²) in [6.45, 7) is 8.66. The molecule has 18 heavy (non-hydrogen) atoms. The minimum absolute atomic E-state index is 0.0961. The molecule has 4 heteroatoms. The summed E-state index contributed by atoms with van der Waals surface area (Å²) in [5.41, 5.74) is 2.46. The Labute approximate surface area is 114 Å². The van der Waals surface area contributed by atoms with Crippen molar-refractivity contribution in [2.24, 2.45) is 0 Å². The van der Waals surface area contributed by atoms with E-state index in [1.165, 1.54) is 16.0 Å². The number of carbonyl (C=O) groups is 1. The van der Waals surface area contributed by atoms with Crippen LogP contribution in [-0.4, -0.2) is 31.3 Å². The van der Waals surface area contributed by atoms with Crippen LogP contribution in [0, 0.1) is 13.8 Å². The van der Waals surface area contributed by atoms with Gasteiger partial charge in [-0.15, -0.1) is 11.8 Å². The van der Waals surface area contributed by atoms with E-state index < -0.39 is 0 Å². The summed E-state index contributed by atoms with van der Waals surface area (Å²) in [5.74, 6) is 0.579. The largest absolute Gasteiger partial charge is 0.354 e. The zero-order valence-corrected chi connectivity index (χ0v) is 12.2. The molecule has 0 unspecified atom stereocenters. The average molecular weight is 266 g/mol. The zero-order valence-electron chi connectivity index (χ0n) is 11.4. The van der Waals surface area contributed by atoms with Gasteiger partial charge in [-0.3, -0.25) is 4.79 Å². The monoisotopic (exact) mass is 266 g/mol. The van der Waals surface area contributed by atoms with Gasteiger partial charge in [0.05, 0.1) is 5.75 Å². The number of thioether (sulfide) groups is 1. The molecule has 0 bridgehead atoms. The van der Waals surface area contributed by atoms with Crippen LogP contribution in [0.25, 0.3) is 0 Å². The van der Waals surface area contributed by atoms with Crippen LogP contribution in [0.4, 0.5) is 0 Å². The molecule has 1 aromatic carbocycles. The van der Waals surface area contributed by atoms with E-state index >= 15 is 0 Å². The second-order valence-corrected chi connectivity index (χ2v) is 5.28. The Morgan fingerprint density at radius 1 is 1.28 bits per heavy atom. The van der Waals surface area contributed by atoms with E-state index in [1.807, 2.05) is 0 Å². The lowest BCUT2D eigenvalue weighted by Crippen LogP contribution is -2.32. The third-order valence-electron chi connectivity index (χ3n) is 2.58. The van der Waals surface area contributed by atoms with Gasteiger partial charge in [0.1, 0.15) is 0 Å². The molecule has 0 aliphatic heterocycles. The highest BCUT2D eigenvalue weighted by molar-refractivity contribution is 8.00. The SMILES string of the molecule is CCNCCNC(=O)CSc1cc(C)ccc1C. The highest BCUT2D eigenvalue weighted by Crippen LogP contribution is 2.23. The fourth-order valence-corrected chi connectivity index (χ4v) is 2.48. The number of likely N-dealkylation sites (N-methyl/N-ethyl adjacent to an activating group) is 1. The van der Waals surface area contributed by atoms with Crippen LogP contribution in [0.2, 0.25) is 0 Å². The minimum atomic E-state index is 0.0961. The number of rotatable bonds is 7. The van der Waals surface area contributed by atoms with Gasteiger partial charge in [-0.1, -0.05) is 24.6 Å². The Morgan fingerprint density at radius 2 is 2.06 bits per heavy atom. The van der Waals surface area contributed by atoms with E-state index in [2.05, 4.69) is 49.6 Å². The van der Waals surface area contributed by atoms with E-state index in [9.17, 15) is 4.79 Å². The highest BCUT2D eigenvalue weighted by Gasteiger charge is 2.04. The van der Waals surface area contributed by atoms with Crippen molar-refractivity contribution in [1.29, 1.82) is 0 Å². The lowest BCUT2D eigenvalue weighted by molar-refractivity contribution is -0.118. The molecule has 0 atom stereocenters. The normalized spacial score (nSPS) is 10.4. The maximum absolute atomic E-state index is 11.6. The Bertz CT molecular complexity index is 393. The predicted molar refractivity (Wildman–Crippen MR) is 78.2 cm³/mol. The van der Waals surface area contributed by atoms with Crippen LogP contribution >= 0.6 is 11.8 Å². The molecule has 2 N–H and O–H groups in total.